The number of nitrogens with one attached hydrogen (secondary N) is 1. The van der Waals surface area contributed by atoms with E-state index in [0.717, 1.165) is 37.0 Å². The van der Waals surface area contributed by atoms with Crippen molar-refractivity contribution in [1.82, 2.24) is 19.8 Å². The van der Waals surface area contributed by atoms with Gasteiger partial charge in [-0.1, -0.05) is 42.5 Å². The van der Waals surface area contributed by atoms with Crippen molar-refractivity contribution in [2.45, 2.75) is 24.3 Å². The Hall–Kier alpha value is -4.06. The average molecular weight is 591 g/mol. The molecule has 0 bridgehead atoms. The number of ether oxygens (including phenoxy) is 1. The molecule has 1 amide bonds. The number of hydrogen-bond donors (Lipinski definition) is 2. The minimum Gasteiger partial charge on any atom is -0.505 e. The van der Waals surface area contributed by atoms with Crippen molar-refractivity contribution >= 4 is 26.8 Å². The van der Waals surface area contributed by atoms with E-state index in [1.165, 1.54) is 16.7 Å². The van der Waals surface area contributed by atoms with Crippen molar-refractivity contribution in [3.05, 3.63) is 99.5 Å². The molecule has 0 unspecified atom stereocenters. The largest absolute Gasteiger partial charge is 0.505 e. The van der Waals surface area contributed by atoms with Crippen LogP contribution in [0.5, 0.6) is 5.75 Å². The average Bonchev–Trinajstić information content (AvgIpc) is 2.98. The lowest BCUT2D eigenvalue weighted by atomic mass is 10.1. The Morgan fingerprint density at radius 2 is 1.74 bits per heavy atom. The molecular formula is C31H34N4O6S. The standard InChI is InChI=1S/C31H34N4O6S/c1-42(39,40)25-10-8-23(9-11-25)21-35-26-19-24(18-22-6-3-2-4-7-22)20-33-28(26)29(36)27(31(35)38)30(37)32-12-5-13-34-14-16-41-17-15-34/h2-4,6-11,19-20,36H,5,12-18,21H2,1H3,(H,32,37). The summed E-state index contributed by atoms with van der Waals surface area (Å²) < 4.78 is 30.6. The fourth-order valence-corrected chi connectivity index (χ4v) is 5.71. The van der Waals surface area contributed by atoms with Crippen LogP contribution >= 0.6 is 0 Å². The van der Waals surface area contributed by atoms with Crippen molar-refractivity contribution < 1.29 is 23.1 Å². The number of sulfone groups is 1. The van der Waals surface area contributed by atoms with Gasteiger partial charge in [-0.2, -0.15) is 0 Å². The highest BCUT2D eigenvalue weighted by Gasteiger charge is 2.24. The molecule has 1 fully saturated rings. The third kappa shape index (κ3) is 6.87. The third-order valence-electron chi connectivity index (χ3n) is 7.35. The summed E-state index contributed by atoms with van der Waals surface area (Å²) in [6.45, 7) is 4.23. The molecule has 1 aliphatic heterocycles. The molecule has 1 saturated heterocycles. The van der Waals surface area contributed by atoms with Crippen LogP contribution in [0.1, 0.15) is 33.5 Å². The summed E-state index contributed by atoms with van der Waals surface area (Å²) in [6, 6.07) is 17.8. The highest BCUT2D eigenvalue weighted by molar-refractivity contribution is 7.90. The number of hydrogen-bond acceptors (Lipinski definition) is 8. The van der Waals surface area contributed by atoms with Gasteiger partial charge in [0.25, 0.3) is 11.5 Å². The zero-order chi connectivity index (χ0) is 29.7. The fraction of sp³-hybridized carbons (Fsp3) is 0.323. The lowest BCUT2D eigenvalue weighted by Crippen LogP contribution is -2.39. The Balaban J connectivity index is 1.48. The lowest BCUT2D eigenvalue weighted by molar-refractivity contribution is 0.0374. The quantitative estimate of drug-likeness (QED) is 0.270. The first kappa shape index (κ1) is 29.4. The van der Waals surface area contributed by atoms with Gasteiger partial charge in [0.2, 0.25) is 0 Å². The second kappa shape index (κ2) is 12.8. The number of fused-ring (bicyclic) bond motifs is 1. The van der Waals surface area contributed by atoms with Crippen molar-refractivity contribution in [2.24, 2.45) is 0 Å². The normalized spacial score (nSPS) is 14.2. The van der Waals surface area contributed by atoms with Gasteiger partial charge in [-0.05, 0) is 54.3 Å². The number of amides is 1. The molecule has 2 aromatic carbocycles. The van der Waals surface area contributed by atoms with E-state index in [-0.39, 0.29) is 22.5 Å². The van der Waals surface area contributed by atoms with E-state index in [1.807, 2.05) is 30.3 Å². The number of morpholine rings is 1. The third-order valence-corrected chi connectivity index (χ3v) is 8.47. The van der Waals surface area contributed by atoms with Gasteiger partial charge in [-0.3, -0.25) is 19.5 Å². The van der Waals surface area contributed by atoms with Crippen LogP contribution in [0.2, 0.25) is 0 Å². The van der Waals surface area contributed by atoms with E-state index in [4.69, 9.17) is 4.74 Å². The summed E-state index contributed by atoms with van der Waals surface area (Å²) in [5.74, 6) is -1.13. The maximum atomic E-state index is 13.8. The van der Waals surface area contributed by atoms with Crippen LogP contribution in [-0.2, 0) is 27.5 Å². The van der Waals surface area contributed by atoms with Gasteiger partial charge in [-0.25, -0.2) is 8.42 Å². The van der Waals surface area contributed by atoms with Crippen LogP contribution in [0.4, 0.5) is 0 Å². The number of rotatable bonds is 10. The monoisotopic (exact) mass is 590 g/mol. The molecule has 42 heavy (non-hydrogen) atoms. The Labute approximate surface area is 244 Å². The first-order valence-electron chi connectivity index (χ1n) is 13.9. The Bertz CT molecular complexity index is 1730. The Morgan fingerprint density at radius 1 is 1.02 bits per heavy atom. The minimum absolute atomic E-state index is 0.0490. The molecule has 1 aliphatic rings. The molecule has 0 spiro atoms. The van der Waals surface area contributed by atoms with Gasteiger partial charge >= 0.3 is 0 Å². The van der Waals surface area contributed by atoms with E-state index in [2.05, 4.69) is 15.2 Å². The van der Waals surface area contributed by atoms with Crippen molar-refractivity contribution in [3.63, 3.8) is 0 Å². The van der Waals surface area contributed by atoms with Crippen LogP contribution in [0.3, 0.4) is 0 Å². The lowest BCUT2D eigenvalue weighted by Gasteiger charge is -2.26. The van der Waals surface area contributed by atoms with Gasteiger partial charge in [0.05, 0.1) is 30.2 Å². The van der Waals surface area contributed by atoms with Crippen LogP contribution in [0.15, 0.2) is 76.6 Å². The minimum atomic E-state index is -3.39. The molecule has 0 radical (unpaired) electrons. The van der Waals surface area contributed by atoms with Crippen molar-refractivity contribution in [3.8, 4) is 5.75 Å². The molecule has 0 saturated carbocycles. The second-order valence-corrected chi connectivity index (χ2v) is 12.5. The van der Waals surface area contributed by atoms with Crippen molar-refractivity contribution in [2.75, 3.05) is 45.6 Å². The molecule has 4 aromatic rings. The number of nitrogens with zero attached hydrogens (tertiary/aromatic N) is 3. The van der Waals surface area contributed by atoms with E-state index in [0.29, 0.717) is 43.7 Å². The van der Waals surface area contributed by atoms with E-state index in [9.17, 15) is 23.1 Å². The second-order valence-electron chi connectivity index (χ2n) is 10.5. The van der Waals surface area contributed by atoms with Crippen LogP contribution in [-0.4, -0.2) is 79.5 Å². The molecule has 2 N–H and O–H groups in total. The summed E-state index contributed by atoms with van der Waals surface area (Å²) in [7, 11) is -3.39. The van der Waals surface area contributed by atoms with Gasteiger partial charge in [0.15, 0.2) is 15.6 Å². The zero-order valence-electron chi connectivity index (χ0n) is 23.5. The van der Waals surface area contributed by atoms with Gasteiger partial charge in [0, 0.05) is 32.1 Å². The maximum absolute atomic E-state index is 13.8. The zero-order valence-corrected chi connectivity index (χ0v) is 24.3. The molecule has 2 aromatic heterocycles. The molecule has 220 valence electrons. The summed E-state index contributed by atoms with van der Waals surface area (Å²) in [4.78, 5) is 34.0. The number of pyridine rings is 2. The highest BCUT2D eigenvalue weighted by Crippen LogP contribution is 2.27. The molecule has 11 heteroatoms. The number of carbonyl (C=O) groups is 1. The van der Waals surface area contributed by atoms with Crippen LogP contribution in [0.25, 0.3) is 11.0 Å². The number of benzene rings is 2. The van der Waals surface area contributed by atoms with Gasteiger partial charge in [-0.15, -0.1) is 0 Å². The summed E-state index contributed by atoms with van der Waals surface area (Å²) >= 11 is 0. The summed E-state index contributed by atoms with van der Waals surface area (Å²) in [6.07, 6.45) is 4.01. The molecule has 0 atom stereocenters. The van der Waals surface area contributed by atoms with E-state index < -0.39 is 27.1 Å². The van der Waals surface area contributed by atoms with E-state index in [1.54, 1.807) is 24.4 Å². The molecule has 3 heterocycles. The number of carbonyl (C=O) groups excluding carboxylic acids is 1. The molecule has 0 aliphatic carbocycles. The first-order valence-corrected chi connectivity index (χ1v) is 15.8. The first-order chi connectivity index (χ1) is 20.2. The SMILES string of the molecule is CS(=O)(=O)c1ccc(Cn2c(=O)c(C(=O)NCCCN3CCOCC3)c(O)c3ncc(Cc4ccccc4)cc32)cc1. The topological polar surface area (TPSA) is 131 Å². The molecular weight excluding hydrogens is 556 g/mol. The highest BCUT2D eigenvalue weighted by atomic mass is 32.2. The van der Waals surface area contributed by atoms with Gasteiger partial charge in [0.1, 0.15) is 11.1 Å². The number of aromatic nitrogens is 2. The van der Waals surface area contributed by atoms with Crippen LogP contribution < -0.4 is 10.9 Å². The summed E-state index contributed by atoms with van der Waals surface area (Å²) in [5, 5.41) is 13.9. The summed E-state index contributed by atoms with van der Waals surface area (Å²) in [5.41, 5.74) is 2.03. The Morgan fingerprint density at radius 3 is 2.43 bits per heavy atom. The van der Waals surface area contributed by atoms with Crippen LogP contribution in [0, 0.1) is 0 Å². The van der Waals surface area contributed by atoms with E-state index >= 15 is 0 Å². The fourth-order valence-electron chi connectivity index (χ4n) is 5.08. The molecule has 5 rings (SSSR count). The smallest absolute Gasteiger partial charge is 0.268 e. The van der Waals surface area contributed by atoms with Crippen molar-refractivity contribution in [1.29, 1.82) is 0 Å². The molecule has 10 nitrogen and oxygen atoms in total. The predicted molar refractivity (Wildman–Crippen MR) is 160 cm³/mol. The van der Waals surface area contributed by atoms with Gasteiger partial charge < -0.3 is 19.7 Å². The Kier molecular flexibility index (Phi) is 9.00. The predicted octanol–water partition coefficient (Wildman–Crippen LogP) is 2.60. The number of aromatic hydroxyl groups is 1. The maximum Gasteiger partial charge on any atom is 0.268 e.